The molecular formula is C22H28N4O2. The number of carbonyl (C=O) groups excluding carboxylic acids is 2. The molecule has 2 aromatic rings. The highest BCUT2D eigenvalue weighted by molar-refractivity contribution is 5.90. The Hall–Kier alpha value is -3.02. The van der Waals surface area contributed by atoms with Gasteiger partial charge in [0.15, 0.2) is 0 Å². The molecule has 0 radical (unpaired) electrons. The summed E-state index contributed by atoms with van der Waals surface area (Å²) in [5.74, 6) is 0. The lowest BCUT2D eigenvalue weighted by Crippen LogP contribution is -2.45. The van der Waals surface area contributed by atoms with Crippen LogP contribution in [-0.2, 0) is 0 Å². The zero-order valence-electron chi connectivity index (χ0n) is 16.4. The van der Waals surface area contributed by atoms with Gasteiger partial charge in [-0.25, -0.2) is 9.59 Å². The van der Waals surface area contributed by atoms with Crippen LogP contribution in [0.3, 0.4) is 0 Å². The molecule has 1 aliphatic carbocycles. The molecule has 28 heavy (non-hydrogen) atoms. The van der Waals surface area contributed by atoms with E-state index in [0.29, 0.717) is 0 Å². The standard InChI is InChI=1S/C22H28N4O2/c1-15-3-7-17(8-4-15)23-21(27)25-19-11-13-20(14-12-19)26-22(28)24-18-9-5-16(2)6-10-18/h3-10,19-20H,11-14H2,1-2H3,(H2,23,25,27)(H2,24,26,28). The van der Waals surface area contributed by atoms with Gasteiger partial charge in [-0.05, 0) is 63.8 Å². The normalized spacial score (nSPS) is 18.8. The number of carbonyl (C=O) groups is 2. The summed E-state index contributed by atoms with van der Waals surface area (Å²) in [5.41, 5.74) is 3.88. The molecule has 0 bridgehead atoms. The monoisotopic (exact) mass is 380 g/mol. The van der Waals surface area contributed by atoms with Crippen LogP contribution in [0.15, 0.2) is 48.5 Å². The first-order chi connectivity index (χ1) is 13.5. The highest BCUT2D eigenvalue weighted by Gasteiger charge is 2.23. The molecule has 148 valence electrons. The number of nitrogens with one attached hydrogen (secondary N) is 4. The lowest BCUT2D eigenvalue weighted by molar-refractivity contribution is 0.233. The van der Waals surface area contributed by atoms with E-state index >= 15 is 0 Å². The average Bonchev–Trinajstić information content (AvgIpc) is 2.67. The van der Waals surface area contributed by atoms with E-state index in [-0.39, 0.29) is 24.1 Å². The molecule has 0 spiro atoms. The zero-order chi connectivity index (χ0) is 19.9. The van der Waals surface area contributed by atoms with E-state index in [1.165, 1.54) is 0 Å². The smallest absolute Gasteiger partial charge is 0.319 e. The third-order valence-electron chi connectivity index (χ3n) is 5.02. The van der Waals surface area contributed by atoms with Crippen LogP contribution in [-0.4, -0.2) is 24.1 Å². The van der Waals surface area contributed by atoms with E-state index in [4.69, 9.17) is 0 Å². The lowest BCUT2D eigenvalue weighted by Gasteiger charge is -2.29. The number of benzene rings is 2. The number of aryl methyl sites for hydroxylation is 2. The van der Waals surface area contributed by atoms with Crippen LogP contribution < -0.4 is 21.3 Å². The van der Waals surface area contributed by atoms with Gasteiger partial charge in [0, 0.05) is 23.5 Å². The third-order valence-corrected chi connectivity index (χ3v) is 5.02. The summed E-state index contributed by atoms with van der Waals surface area (Å²) < 4.78 is 0. The highest BCUT2D eigenvalue weighted by atomic mass is 16.2. The molecule has 0 heterocycles. The molecule has 0 atom stereocenters. The Morgan fingerprint density at radius 2 is 0.964 bits per heavy atom. The van der Waals surface area contributed by atoms with Gasteiger partial charge in [-0.1, -0.05) is 35.4 Å². The van der Waals surface area contributed by atoms with Crippen molar-refractivity contribution in [2.24, 2.45) is 0 Å². The van der Waals surface area contributed by atoms with Crippen molar-refractivity contribution in [1.82, 2.24) is 10.6 Å². The maximum Gasteiger partial charge on any atom is 0.319 e. The Morgan fingerprint density at radius 1 is 0.643 bits per heavy atom. The number of hydrogen-bond acceptors (Lipinski definition) is 2. The molecule has 6 heteroatoms. The number of amides is 4. The minimum absolute atomic E-state index is 0.128. The van der Waals surface area contributed by atoms with E-state index in [0.717, 1.165) is 48.2 Å². The fraction of sp³-hybridized carbons (Fsp3) is 0.364. The zero-order valence-corrected chi connectivity index (χ0v) is 16.4. The molecule has 2 aromatic carbocycles. The molecule has 1 saturated carbocycles. The minimum atomic E-state index is -0.183. The fourth-order valence-corrected chi connectivity index (χ4v) is 3.36. The molecule has 0 saturated heterocycles. The summed E-state index contributed by atoms with van der Waals surface area (Å²) in [7, 11) is 0. The van der Waals surface area contributed by atoms with Crippen LogP contribution in [0.2, 0.25) is 0 Å². The van der Waals surface area contributed by atoms with Crippen LogP contribution in [0.4, 0.5) is 21.0 Å². The first-order valence-electron chi connectivity index (χ1n) is 9.76. The Morgan fingerprint density at radius 3 is 1.29 bits per heavy atom. The molecule has 1 fully saturated rings. The molecular weight excluding hydrogens is 352 g/mol. The maximum atomic E-state index is 12.2. The molecule has 6 nitrogen and oxygen atoms in total. The van der Waals surface area contributed by atoms with Crippen LogP contribution in [0.1, 0.15) is 36.8 Å². The topological polar surface area (TPSA) is 82.3 Å². The van der Waals surface area contributed by atoms with Crippen molar-refractivity contribution in [2.75, 3.05) is 10.6 Å². The van der Waals surface area contributed by atoms with E-state index < -0.39 is 0 Å². The van der Waals surface area contributed by atoms with E-state index in [2.05, 4.69) is 21.3 Å². The van der Waals surface area contributed by atoms with Crippen molar-refractivity contribution in [2.45, 2.75) is 51.6 Å². The minimum Gasteiger partial charge on any atom is -0.335 e. The quantitative estimate of drug-likeness (QED) is 0.627. The van der Waals surface area contributed by atoms with Crippen molar-refractivity contribution < 1.29 is 9.59 Å². The summed E-state index contributed by atoms with van der Waals surface area (Å²) in [4.78, 5) is 24.3. The van der Waals surface area contributed by atoms with Crippen molar-refractivity contribution in [3.8, 4) is 0 Å². The maximum absolute atomic E-state index is 12.2. The number of urea groups is 2. The Balaban J connectivity index is 1.37. The summed E-state index contributed by atoms with van der Waals surface area (Å²) in [6.45, 7) is 4.02. The Labute approximate surface area is 166 Å². The average molecular weight is 380 g/mol. The predicted octanol–water partition coefficient (Wildman–Crippen LogP) is 4.56. The Kier molecular flexibility index (Phi) is 6.53. The molecule has 4 amide bonds. The van der Waals surface area contributed by atoms with Crippen molar-refractivity contribution >= 4 is 23.4 Å². The van der Waals surface area contributed by atoms with E-state index in [9.17, 15) is 9.59 Å². The lowest BCUT2D eigenvalue weighted by atomic mass is 9.91. The molecule has 0 aromatic heterocycles. The van der Waals surface area contributed by atoms with Crippen molar-refractivity contribution in [3.05, 3.63) is 59.7 Å². The van der Waals surface area contributed by atoms with E-state index in [1.54, 1.807) is 0 Å². The summed E-state index contributed by atoms with van der Waals surface area (Å²) >= 11 is 0. The summed E-state index contributed by atoms with van der Waals surface area (Å²) in [5, 5.41) is 11.8. The second-order valence-corrected chi connectivity index (χ2v) is 7.48. The molecule has 0 aliphatic heterocycles. The third kappa shape index (κ3) is 6.01. The molecule has 0 unspecified atom stereocenters. The largest absolute Gasteiger partial charge is 0.335 e. The van der Waals surface area contributed by atoms with Gasteiger partial charge in [0.1, 0.15) is 0 Å². The number of hydrogen-bond donors (Lipinski definition) is 4. The van der Waals surface area contributed by atoms with Crippen LogP contribution in [0.25, 0.3) is 0 Å². The van der Waals surface area contributed by atoms with Gasteiger partial charge in [-0.3, -0.25) is 0 Å². The first kappa shape index (κ1) is 19.7. The van der Waals surface area contributed by atoms with Crippen LogP contribution in [0, 0.1) is 13.8 Å². The van der Waals surface area contributed by atoms with Gasteiger partial charge >= 0.3 is 12.1 Å². The fourth-order valence-electron chi connectivity index (χ4n) is 3.36. The van der Waals surface area contributed by atoms with E-state index in [1.807, 2.05) is 62.4 Å². The number of anilines is 2. The van der Waals surface area contributed by atoms with Crippen LogP contribution >= 0.6 is 0 Å². The summed E-state index contributed by atoms with van der Waals surface area (Å²) in [6.07, 6.45) is 3.38. The molecule has 1 aliphatic rings. The van der Waals surface area contributed by atoms with Gasteiger partial charge in [0.25, 0.3) is 0 Å². The van der Waals surface area contributed by atoms with Gasteiger partial charge in [0.05, 0.1) is 0 Å². The van der Waals surface area contributed by atoms with Crippen LogP contribution in [0.5, 0.6) is 0 Å². The molecule has 3 rings (SSSR count). The summed E-state index contributed by atoms with van der Waals surface area (Å²) in [6, 6.07) is 15.3. The van der Waals surface area contributed by atoms with Crippen molar-refractivity contribution in [3.63, 3.8) is 0 Å². The Bertz CT molecular complexity index is 725. The second kappa shape index (κ2) is 9.26. The molecule has 4 N–H and O–H groups in total. The first-order valence-corrected chi connectivity index (χ1v) is 9.76. The predicted molar refractivity (Wildman–Crippen MR) is 113 cm³/mol. The van der Waals surface area contributed by atoms with Gasteiger partial charge in [-0.2, -0.15) is 0 Å². The second-order valence-electron chi connectivity index (χ2n) is 7.48. The highest BCUT2D eigenvalue weighted by Crippen LogP contribution is 2.19. The van der Waals surface area contributed by atoms with Crippen molar-refractivity contribution in [1.29, 1.82) is 0 Å². The van der Waals surface area contributed by atoms with Gasteiger partial charge in [-0.15, -0.1) is 0 Å². The SMILES string of the molecule is Cc1ccc(NC(=O)NC2CCC(NC(=O)Nc3ccc(C)cc3)CC2)cc1. The van der Waals surface area contributed by atoms with Gasteiger partial charge in [0.2, 0.25) is 0 Å². The van der Waals surface area contributed by atoms with Gasteiger partial charge < -0.3 is 21.3 Å². The number of rotatable bonds is 4.